The van der Waals surface area contributed by atoms with Gasteiger partial charge in [-0.2, -0.15) is 0 Å². The molecule has 0 atom stereocenters. The van der Waals surface area contributed by atoms with E-state index in [1.54, 1.807) is 18.4 Å². The number of thiazole rings is 1. The highest BCUT2D eigenvalue weighted by Crippen LogP contribution is 2.31. The number of rotatable bonds is 3. The van der Waals surface area contributed by atoms with Gasteiger partial charge in [0.15, 0.2) is 0 Å². The molecule has 0 aliphatic carbocycles. The lowest BCUT2D eigenvalue weighted by Gasteiger charge is -2.20. The van der Waals surface area contributed by atoms with E-state index in [4.69, 9.17) is 5.73 Å². The Kier molecular flexibility index (Phi) is 3.38. The number of nitrogen functional groups attached to an aromatic ring is 1. The van der Waals surface area contributed by atoms with E-state index in [-0.39, 0.29) is 12.5 Å². The van der Waals surface area contributed by atoms with Crippen molar-refractivity contribution in [2.24, 2.45) is 0 Å². The van der Waals surface area contributed by atoms with Crippen molar-refractivity contribution in [1.82, 2.24) is 10.3 Å². The number of amides is 1. The van der Waals surface area contributed by atoms with Crippen molar-refractivity contribution in [3.8, 4) is 0 Å². The number of nitrogens with zero attached hydrogens (tertiary/aromatic N) is 2. The van der Waals surface area contributed by atoms with E-state index in [0.717, 1.165) is 20.9 Å². The number of nitrogens with two attached hydrogens (primary N) is 1. The summed E-state index contributed by atoms with van der Waals surface area (Å²) in [6.45, 7) is 2.24. The van der Waals surface area contributed by atoms with Crippen LogP contribution in [0.15, 0.2) is 12.1 Å². The molecule has 2 rings (SSSR count). The fraction of sp³-hybridized carbons (Fsp3) is 0.333. The highest BCUT2D eigenvalue weighted by Gasteiger charge is 2.12. The summed E-state index contributed by atoms with van der Waals surface area (Å²) < 4.78 is 1.07. The Hall–Kier alpha value is -1.82. The van der Waals surface area contributed by atoms with E-state index in [9.17, 15) is 4.79 Å². The van der Waals surface area contributed by atoms with Crippen LogP contribution in [0.3, 0.4) is 0 Å². The molecule has 0 unspecified atom stereocenters. The Morgan fingerprint density at radius 2 is 2.28 bits per heavy atom. The Labute approximate surface area is 110 Å². The van der Waals surface area contributed by atoms with Crippen molar-refractivity contribution in [2.75, 3.05) is 31.3 Å². The SMILES string of the molecule is CNC(=O)CN(C)c1cc2nc(C)sc2cc1N. The molecule has 0 saturated carbocycles. The first-order chi connectivity index (χ1) is 8.51. The van der Waals surface area contributed by atoms with Crippen LogP contribution in [0.25, 0.3) is 10.2 Å². The lowest BCUT2D eigenvalue weighted by molar-refractivity contribution is -0.119. The molecule has 0 fully saturated rings. The molecule has 1 aromatic carbocycles. The third kappa shape index (κ3) is 2.38. The highest BCUT2D eigenvalue weighted by molar-refractivity contribution is 7.18. The standard InChI is InChI=1S/C12H16N4OS/c1-7-15-9-5-10(8(13)4-11(9)18-7)16(3)6-12(17)14-2/h4-5H,6,13H2,1-3H3,(H,14,17). The minimum atomic E-state index is -0.0496. The number of fused-ring (bicyclic) bond motifs is 1. The van der Waals surface area contributed by atoms with Crippen molar-refractivity contribution < 1.29 is 4.79 Å². The van der Waals surface area contributed by atoms with Crippen molar-refractivity contribution in [1.29, 1.82) is 0 Å². The predicted octanol–water partition coefficient (Wildman–Crippen LogP) is 1.37. The quantitative estimate of drug-likeness (QED) is 0.821. The molecule has 0 bridgehead atoms. The molecule has 0 aliphatic rings. The minimum Gasteiger partial charge on any atom is -0.397 e. The van der Waals surface area contributed by atoms with Crippen LogP contribution in [0.2, 0.25) is 0 Å². The summed E-state index contributed by atoms with van der Waals surface area (Å²) in [6, 6.07) is 3.84. The lowest BCUT2D eigenvalue weighted by atomic mass is 10.2. The maximum absolute atomic E-state index is 11.4. The van der Waals surface area contributed by atoms with E-state index in [2.05, 4.69) is 10.3 Å². The lowest BCUT2D eigenvalue weighted by Crippen LogP contribution is -2.33. The van der Waals surface area contributed by atoms with Gasteiger partial charge in [-0.05, 0) is 19.1 Å². The second kappa shape index (κ2) is 4.81. The molecule has 18 heavy (non-hydrogen) atoms. The number of aryl methyl sites for hydroxylation is 1. The van der Waals surface area contributed by atoms with Crippen molar-refractivity contribution >= 4 is 38.8 Å². The molecule has 0 saturated heterocycles. The van der Waals surface area contributed by atoms with E-state index in [0.29, 0.717) is 5.69 Å². The normalized spacial score (nSPS) is 10.6. The first-order valence-corrected chi connectivity index (χ1v) is 6.41. The summed E-state index contributed by atoms with van der Waals surface area (Å²) in [7, 11) is 3.46. The molecule has 0 radical (unpaired) electrons. The summed E-state index contributed by atoms with van der Waals surface area (Å²) in [4.78, 5) is 17.6. The van der Waals surface area contributed by atoms with Gasteiger partial charge < -0.3 is 16.0 Å². The number of carbonyl (C=O) groups excluding carboxylic acids is 1. The molecular weight excluding hydrogens is 248 g/mol. The molecule has 0 spiro atoms. The van der Waals surface area contributed by atoms with E-state index in [1.807, 2.05) is 31.0 Å². The average molecular weight is 264 g/mol. The average Bonchev–Trinajstić information content (AvgIpc) is 2.66. The Bertz CT molecular complexity index is 593. The number of nitrogens with one attached hydrogen (secondary N) is 1. The molecule has 2 aromatic rings. The molecule has 1 aromatic heterocycles. The largest absolute Gasteiger partial charge is 0.397 e. The molecule has 1 amide bonds. The van der Waals surface area contributed by atoms with Crippen LogP contribution >= 0.6 is 11.3 Å². The zero-order valence-electron chi connectivity index (χ0n) is 10.7. The van der Waals surface area contributed by atoms with Gasteiger partial charge in [-0.15, -0.1) is 11.3 Å². The number of hydrogen-bond donors (Lipinski definition) is 2. The molecule has 5 nitrogen and oxygen atoms in total. The van der Waals surface area contributed by atoms with Gasteiger partial charge >= 0.3 is 0 Å². The number of hydrogen-bond acceptors (Lipinski definition) is 5. The molecule has 0 aliphatic heterocycles. The van der Waals surface area contributed by atoms with Gasteiger partial charge in [0.1, 0.15) is 0 Å². The summed E-state index contributed by atoms with van der Waals surface area (Å²) in [6.07, 6.45) is 0. The first kappa shape index (κ1) is 12.6. The van der Waals surface area contributed by atoms with Gasteiger partial charge in [0, 0.05) is 14.1 Å². The van der Waals surface area contributed by atoms with Crippen molar-refractivity contribution in [3.05, 3.63) is 17.1 Å². The second-order valence-electron chi connectivity index (χ2n) is 4.14. The monoisotopic (exact) mass is 264 g/mol. The Morgan fingerprint density at radius 3 is 2.94 bits per heavy atom. The first-order valence-electron chi connectivity index (χ1n) is 5.59. The van der Waals surface area contributed by atoms with Gasteiger partial charge in [0.2, 0.25) is 5.91 Å². The van der Waals surface area contributed by atoms with Gasteiger partial charge in [0.25, 0.3) is 0 Å². The van der Waals surface area contributed by atoms with Gasteiger partial charge in [-0.3, -0.25) is 4.79 Å². The smallest absolute Gasteiger partial charge is 0.239 e. The van der Waals surface area contributed by atoms with Crippen LogP contribution in [0.1, 0.15) is 5.01 Å². The minimum absolute atomic E-state index is 0.0496. The van der Waals surface area contributed by atoms with Crippen LogP contribution in [0, 0.1) is 6.92 Å². The third-order valence-electron chi connectivity index (χ3n) is 2.71. The predicted molar refractivity (Wildman–Crippen MR) is 76.1 cm³/mol. The van der Waals surface area contributed by atoms with Gasteiger partial charge in [-0.1, -0.05) is 0 Å². The molecular formula is C12H16N4OS. The number of anilines is 2. The molecule has 1 heterocycles. The van der Waals surface area contributed by atoms with E-state index in [1.165, 1.54) is 0 Å². The van der Waals surface area contributed by atoms with Crippen LogP contribution in [0.4, 0.5) is 11.4 Å². The Balaban J connectivity index is 2.37. The fourth-order valence-corrected chi connectivity index (χ4v) is 2.66. The Morgan fingerprint density at radius 1 is 1.56 bits per heavy atom. The topological polar surface area (TPSA) is 71.2 Å². The van der Waals surface area contributed by atoms with E-state index < -0.39 is 0 Å². The summed E-state index contributed by atoms with van der Waals surface area (Å²) >= 11 is 1.62. The third-order valence-corrected chi connectivity index (χ3v) is 3.65. The highest BCUT2D eigenvalue weighted by atomic mass is 32.1. The summed E-state index contributed by atoms with van der Waals surface area (Å²) in [5.74, 6) is -0.0496. The number of aromatic nitrogens is 1. The van der Waals surface area contributed by atoms with Crippen LogP contribution in [0.5, 0.6) is 0 Å². The van der Waals surface area contributed by atoms with Gasteiger partial charge in [-0.25, -0.2) is 4.98 Å². The number of benzene rings is 1. The number of likely N-dealkylation sites (N-methyl/N-ethyl adjacent to an activating group) is 2. The van der Waals surface area contributed by atoms with Crippen LogP contribution in [-0.4, -0.2) is 31.5 Å². The summed E-state index contributed by atoms with van der Waals surface area (Å²) in [5, 5.41) is 3.60. The van der Waals surface area contributed by atoms with Crippen molar-refractivity contribution in [3.63, 3.8) is 0 Å². The molecule has 6 heteroatoms. The van der Waals surface area contributed by atoms with E-state index >= 15 is 0 Å². The van der Waals surface area contributed by atoms with Crippen LogP contribution < -0.4 is 16.0 Å². The zero-order chi connectivity index (χ0) is 13.3. The second-order valence-corrected chi connectivity index (χ2v) is 5.38. The maximum atomic E-state index is 11.4. The zero-order valence-corrected chi connectivity index (χ0v) is 11.5. The maximum Gasteiger partial charge on any atom is 0.239 e. The van der Waals surface area contributed by atoms with Gasteiger partial charge in [0.05, 0.1) is 33.1 Å². The van der Waals surface area contributed by atoms with Crippen molar-refractivity contribution in [2.45, 2.75) is 6.92 Å². The molecule has 3 N–H and O–H groups in total. The molecule has 96 valence electrons. The van der Waals surface area contributed by atoms with Crippen LogP contribution in [-0.2, 0) is 4.79 Å². The number of carbonyl (C=O) groups is 1. The summed E-state index contributed by atoms with van der Waals surface area (Å²) in [5.41, 5.74) is 8.44. The fourth-order valence-electron chi connectivity index (χ4n) is 1.80.